The first-order chi connectivity index (χ1) is 7.68. The molecule has 0 N–H and O–H groups in total. The van der Waals surface area contributed by atoms with Crippen LogP contribution in [0.25, 0.3) is 0 Å². The fraction of sp³-hybridized carbons (Fsp3) is 0.538. The SMILES string of the molecule is CC1=C[C@@H]2[C@@H]3C=C[C@@H]([C@@H]12)[C@H]1C(=O)OC(=O)[C@H]31. The quantitative estimate of drug-likeness (QED) is 0.348. The van der Waals surface area contributed by atoms with E-state index in [2.05, 4.69) is 25.2 Å². The molecule has 2 bridgehead atoms. The van der Waals surface area contributed by atoms with Gasteiger partial charge in [0.1, 0.15) is 0 Å². The molecule has 0 aromatic carbocycles. The number of carbonyl (C=O) groups excluding carboxylic acids is 2. The predicted octanol–water partition coefficient (Wildman–Crippen LogP) is 1.31. The Morgan fingerprint density at radius 1 is 0.938 bits per heavy atom. The lowest BCUT2D eigenvalue weighted by atomic mass is 9.48. The van der Waals surface area contributed by atoms with E-state index < -0.39 is 0 Å². The smallest absolute Gasteiger partial charge is 0.318 e. The third-order valence-corrected chi connectivity index (χ3v) is 4.77. The Balaban J connectivity index is 1.86. The first kappa shape index (κ1) is 8.74. The summed E-state index contributed by atoms with van der Waals surface area (Å²) in [5, 5.41) is 0. The van der Waals surface area contributed by atoms with E-state index in [0.717, 1.165) is 0 Å². The fourth-order valence-electron chi connectivity index (χ4n) is 4.14. The van der Waals surface area contributed by atoms with Crippen molar-refractivity contribution in [2.45, 2.75) is 6.92 Å². The summed E-state index contributed by atoms with van der Waals surface area (Å²) in [6.45, 7) is 2.12. The van der Waals surface area contributed by atoms with Crippen molar-refractivity contribution >= 4 is 11.9 Å². The Morgan fingerprint density at radius 3 is 2.25 bits per heavy atom. The van der Waals surface area contributed by atoms with Gasteiger partial charge in [0.25, 0.3) is 0 Å². The zero-order chi connectivity index (χ0) is 11.0. The summed E-state index contributed by atoms with van der Waals surface area (Å²) in [4.78, 5) is 23.4. The van der Waals surface area contributed by atoms with Crippen molar-refractivity contribution in [2.75, 3.05) is 0 Å². The van der Waals surface area contributed by atoms with Gasteiger partial charge in [0.2, 0.25) is 0 Å². The van der Waals surface area contributed by atoms with E-state index in [1.54, 1.807) is 0 Å². The Kier molecular flexibility index (Phi) is 1.35. The van der Waals surface area contributed by atoms with E-state index in [4.69, 9.17) is 4.74 Å². The van der Waals surface area contributed by atoms with Gasteiger partial charge >= 0.3 is 11.9 Å². The van der Waals surface area contributed by atoms with Gasteiger partial charge in [0.05, 0.1) is 11.8 Å². The number of carbonyl (C=O) groups is 2. The van der Waals surface area contributed by atoms with E-state index in [9.17, 15) is 9.59 Å². The predicted molar refractivity (Wildman–Crippen MR) is 54.9 cm³/mol. The minimum atomic E-state index is -0.300. The molecule has 5 rings (SSSR count). The summed E-state index contributed by atoms with van der Waals surface area (Å²) in [5.41, 5.74) is 1.37. The minimum Gasteiger partial charge on any atom is -0.393 e. The lowest BCUT2D eigenvalue weighted by Gasteiger charge is -2.53. The lowest BCUT2D eigenvalue weighted by Crippen LogP contribution is -2.52. The number of rotatable bonds is 0. The van der Waals surface area contributed by atoms with Gasteiger partial charge in [0, 0.05) is 0 Å². The summed E-state index contributed by atoms with van der Waals surface area (Å²) >= 11 is 0. The standard InChI is InChI=1S/C13H12O3/c1-5-4-8-6-2-3-7(9(5)8)11-10(6)12(14)16-13(11)15/h2-4,6-11H,1H3/t6-,7-,8+,9+,10+,11+/m0/s1. The molecule has 82 valence electrons. The Labute approximate surface area is 93.2 Å². The highest BCUT2D eigenvalue weighted by Gasteiger charge is 2.62. The molecule has 5 aliphatic rings. The molecule has 1 heterocycles. The molecule has 1 saturated heterocycles. The van der Waals surface area contributed by atoms with Crippen molar-refractivity contribution in [3.05, 3.63) is 23.8 Å². The van der Waals surface area contributed by atoms with Crippen molar-refractivity contribution in [3.8, 4) is 0 Å². The highest BCUT2D eigenvalue weighted by atomic mass is 16.6. The third kappa shape index (κ3) is 0.751. The van der Waals surface area contributed by atoms with Gasteiger partial charge in [-0.15, -0.1) is 0 Å². The normalized spacial score (nSPS) is 51.7. The summed E-state index contributed by atoms with van der Waals surface area (Å²) in [6.07, 6.45) is 6.50. The number of allylic oxidation sites excluding steroid dienone is 4. The number of ether oxygens (including phenoxy) is 1. The molecule has 0 amide bonds. The Hall–Kier alpha value is -1.38. The van der Waals surface area contributed by atoms with Crippen LogP contribution in [-0.2, 0) is 14.3 Å². The fourth-order valence-corrected chi connectivity index (χ4v) is 4.14. The lowest BCUT2D eigenvalue weighted by molar-refractivity contribution is -0.154. The first-order valence-electron chi connectivity index (χ1n) is 5.80. The number of hydrogen-bond donors (Lipinski definition) is 0. The summed E-state index contributed by atoms with van der Waals surface area (Å²) < 4.78 is 4.81. The zero-order valence-corrected chi connectivity index (χ0v) is 8.92. The van der Waals surface area contributed by atoms with E-state index in [1.165, 1.54) is 5.57 Å². The maximum Gasteiger partial charge on any atom is 0.318 e. The van der Waals surface area contributed by atoms with E-state index in [-0.39, 0.29) is 35.6 Å². The Morgan fingerprint density at radius 2 is 1.56 bits per heavy atom. The molecule has 1 aliphatic heterocycles. The third-order valence-electron chi connectivity index (χ3n) is 4.77. The van der Waals surface area contributed by atoms with Crippen molar-refractivity contribution in [3.63, 3.8) is 0 Å². The van der Waals surface area contributed by atoms with E-state index >= 15 is 0 Å². The van der Waals surface area contributed by atoms with Gasteiger partial charge in [-0.3, -0.25) is 9.59 Å². The van der Waals surface area contributed by atoms with Gasteiger partial charge in [0.15, 0.2) is 0 Å². The monoisotopic (exact) mass is 216 g/mol. The minimum absolute atomic E-state index is 0.197. The average molecular weight is 216 g/mol. The van der Waals surface area contributed by atoms with Crippen LogP contribution in [0.5, 0.6) is 0 Å². The van der Waals surface area contributed by atoms with Crippen LogP contribution in [-0.4, -0.2) is 11.9 Å². The van der Waals surface area contributed by atoms with Crippen molar-refractivity contribution < 1.29 is 14.3 Å². The molecule has 0 aromatic heterocycles. The van der Waals surface area contributed by atoms with Gasteiger partial charge in [-0.05, 0) is 30.6 Å². The van der Waals surface area contributed by atoms with Gasteiger partial charge in [-0.25, -0.2) is 0 Å². The van der Waals surface area contributed by atoms with Crippen LogP contribution in [0, 0.1) is 35.5 Å². The maximum absolute atomic E-state index is 11.7. The maximum atomic E-state index is 11.7. The zero-order valence-electron chi connectivity index (χ0n) is 8.92. The molecule has 2 fully saturated rings. The Bertz CT molecular complexity index is 474. The highest BCUT2D eigenvalue weighted by molar-refractivity contribution is 5.97. The van der Waals surface area contributed by atoms with Gasteiger partial charge in [-0.1, -0.05) is 23.8 Å². The van der Waals surface area contributed by atoms with Crippen LogP contribution in [0.3, 0.4) is 0 Å². The van der Waals surface area contributed by atoms with Crippen LogP contribution >= 0.6 is 0 Å². The number of cyclic esters (lactones) is 2. The molecule has 0 spiro atoms. The molecule has 0 radical (unpaired) electrons. The molecule has 4 aliphatic carbocycles. The van der Waals surface area contributed by atoms with Gasteiger partial charge < -0.3 is 4.74 Å². The topological polar surface area (TPSA) is 43.4 Å². The molecule has 16 heavy (non-hydrogen) atoms. The van der Waals surface area contributed by atoms with E-state index in [0.29, 0.717) is 11.8 Å². The molecule has 0 aromatic rings. The second-order valence-electron chi connectivity index (χ2n) is 5.35. The largest absolute Gasteiger partial charge is 0.393 e. The second-order valence-corrected chi connectivity index (χ2v) is 5.35. The molecule has 1 saturated carbocycles. The summed E-state index contributed by atoms with van der Waals surface area (Å²) in [5.74, 6) is 0.342. The highest BCUT2D eigenvalue weighted by Crippen LogP contribution is 2.60. The molecular formula is C13H12O3. The summed E-state index contributed by atoms with van der Waals surface area (Å²) in [6, 6.07) is 0. The van der Waals surface area contributed by atoms with Crippen LogP contribution in [0.4, 0.5) is 0 Å². The van der Waals surface area contributed by atoms with Crippen LogP contribution in [0.15, 0.2) is 23.8 Å². The van der Waals surface area contributed by atoms with Gasteiger partial charge in [-0.2, -0.15) is 0 Å². The second kappa shape index (κ2) is 2.47. The van der Waals surface area contributed by atoms with E-state index in [1.807, 2.05) is 0 Å². The van der Waals surface area contributed by atoms with Crippen LogP contribution in [0.2, 0.25) is 0 Å². The first-order valence-corrected chi connectivity index (χ1v) is 5.80. The van der Waals surface area contributed by atoms with Crippen molar-refractivity contribution in [1.29, 1.82) is 0 Å². The average Bonchev–Trinajstić information content (AvgIpc) is 2.54. The molecule has 0 unspecified atom stereocenters. The summed E-state index contributed by atoms with van der Waals surface area (Å²) in [7, 11) is 0. The molecule has 3 nitrogen and oxygen atoms in total. The van der Waals surface area contributed by atoms with Crippen molar-refractivity contribution in [2.24, 2.45) is 35.5 Å². The van der Waals surface area contributed by atoms with Crippen molar-refractivity contribution in [1.82, 2.24) is 0 Å². The number of esters is 2. The van der Waals surface area contributed by atoms with Crippen LogP contribution < -0.4 is 0 Å². The molecule has 3 heteroatoms. The molecular weight excluding hydrogens is 204 g/mol. The number of hydrogen-bond acceptors (Lipinski definition) is 3. The molecule has 6 atom stereocenters. The van der Waals surface area contributed by atoms with Crippen LogP contribution in [0.1, 0.15) is 6.92 Å².